The quantitative estimate of drug-likeness (QED) is 0.717. The largest absolute Gasteiger partial charge is 0.339 e. The highest BCUT2D eigenvalue weighted by Gasteiger charge is 2.28. The first kappa shape index (κ1) is 20.9. The molecule has 0 aromatic rings. The molecular formula is C21H36N2O3. The highest BCUT2D eigenvalue weighted by Crippen LogP contribution is 2.23. The minimum Gasteiger partial charge on any atom is -0.339 e. The van der Waals surface area contributed by atoms with Gasteiger partial charge in [-0.1, -0.05) is 57.8 Å². The third kappa shape index (κ3) is 7.08. The van der Waals surface area contributed by atoms with Gasteiger partial charge in [-0.15, -0.1) is 0 Å². The van der Waals surface area contributed by atoms with Crippen LogP contribution in [-0.4, -0.2) is 54.1 Å². The van der Waals surface area contributed by atoms with E-state index in [1.54, 1.807) is 4.90 Å². The van der Waals surface area contributed by atoms with E-state index in [2.05, 4.69) is 0 Å². The van der Waals surface area contributed by atoms with Crippen LogP contribution in [0.25, 0.3) is 0 Å². The number of amides is 2. The maximum absolute atomic E-state index is 13.0. The molecule has 2 rings (SSSR count). The molecule has 0 aromatic carbocycles. The van der Waals surface area contributed by atoms with Crippen LogP contribution in [0.1, 0.15) is 83.5 Å². The van der Waals surface area contributed by atoms with E-state index in [0.717, 1.165) is 19.1 Å². The van der Waals surface area contributed by atoms with Crippen molar-refractivity contribution < 1.29 is 14.4 Å². The molecule has 1 heterocycles. The summed E-state index contributed by atoms with van der Waals surface area (Å²) in [6.07, 6.45) is 14.9. The van der Waals surface area contributed by atoms with Gasteiger partial charge in [-0.25, -0.2) is 0 Å². The van der Waals surface area contributed by atoms with Crippen molar-refractivity contribution in [2.24, 2.45) is 5.92 Å². The van der Waals surface area contributed by atoms with Gasteiger partial charge in [0, 0.05) is 44.9 Å². The maximum atomic E-state index is 13.0. The number of aldehydes is 1. The Balaban J connectivity index is 1.80. The van der Waals surface area contributed by atoms with Crippen LogP contribution in [0, 0.1) is 5.92 Å². The van der Waals surface area contributed by atoms with E-state index in [4.69, 9.17) is 0 Å². The molecule has 2 aliphatic rings. The molecule has 1 saturated carbocycles. The molecule has 0 radical (unpaired) electrons. The first-order valence-corrected chi connectivity index (χ1v) is 10.7. The summed E-state index contributed by atoms with van der Waals surface area (Å²) in [7, 11) is 0. The number of carbonyl (C=O) groups excluding carboxylic acids is 3. The fourth-order valence-corrected chi connectivity index (χ4v) is 4.19. The molecule has 5 heteroatoms. The maximum Gasteiger partial charge on any atom is 0.225 e. The zero-order valence-corrected chi connectivity index (χ0v) is 16.3. The summed E-state index contributed by atoms with van der Waals surface area (Å²) in [6.45, 7) is 2.50. The molecule has 0 bridgehead atoms. The molecule has 0 aromatic heterocycles. The summed E-state index contributed by atoms with van der Waals surface area (Å²) in [6, 6.07) is 0. The van der Waals surface area contributed by atoms with Crippen molar-refractivity contribution in [2.75, 3.05) is 26.2 Å². The van der Waals surface area contributed by atoms with Crippen molar-refractivity contribution >= 4 is 18.1 Å². The van der Waals surface area contributed by atoms with Crippen molar-refractivity contribution in [1.29, 1.82) is 0 Å². The number of hydrogen-bond acceptors (Lipinski definition) is 3. The second kappa shape index (κ2) is 12.1. The fraction of sp³-hybridized carbons (Fsp3) is 0.857. The van der Waals surface area contributed by atoms with Crippen LogP contribution in [-0.2, 0) is 14.4 Å². The van der Waals surface area contributed by atoms with Crippen LogP contribution < -0.4 is 0 Å². The van der Waals surface area contributed by atoms with Crippen molar-refractivity contribution in [3.63, 3.8) is 0 Å². The van der Waals surface area contributed by atoms with Crippen molar-refractivity contribution in [3.8, 4) is 0 Å². The Kier molecular flexibility index (Phi) is 9.72. The van der Waals surface area contributed by atoms with Crippen molar-refractivity contribution in [3.05, 3.63) is 0 Å². The lowest BCUT2D eigenvalue weighted by Crippen LogP contribution is -2.52. The molecular weight excluding hydrogens is 328 g/mol. The van der Waals surface area contributed by atoms with Crippen molar-refractivity contribution in [1.82, 2.24) is 9.80 Å². The summed E-state index contributed by atoms with van der Waals surface area (Å²) in [5.41, 5.74) is 0. The number of hydrogen-bond donors (Lipinski definition) is 0. The normalized spacial score (nSPS) is 21.5. The van der Waals surface area contributed by atoms with Crippen LogP contribution >= 0.6 is 0 Å². The van der Waals surface area contributed by atoms with E-state index >= 15 is 0 Å². The zero-order chi connectivity index (χ0) is 18.6. The molecule has 1 aliphatic carbocycles. The molecule has 148 valence electrons. The summed E-state index contributed by atoms with van der Waals surface area (Å²) in [5, 5.41) is 0. The average Bonchev–Trinajstić information content (AvgIpc) is 2.66. The topological polar surface area (TPSA) is 57.7 Å². The molecule has 26 heavy (non-hydrogen) atoms. The Morgan fingerprint density at radius 2 is 1.19 bits per heavy atom. The third-order valence-corrected chi connectivity index (χ3v) is 5.87. The van der Waals surface area contributed by atoms with Crippen LogP contribution in [0.2, 0.25) is 0 Å². The number of carbonyl (C=O) groups is 3. The average molecular weight is 365 g/mol. The van der Waals surface area contributed by atoms with Gasteiger partial charge in [-0.3, -0.25) is 9.59 Å². The summed E-state index contributed by atoms with van der Waals surface area (Å²) in [5.74, 6) is 0.518. The number of rotatable bonds is 4. The van der Waals surface area contributed by atoms with E-state index in [1.165, 1.54) is 57.8 Å². The number of nitrogens with zero attached hydrogens (tertiary/aromatic N) is 2. The molecule has 0 unspecified atom stereocenters. The smallest absolute Gasteiger partial charge is 0.225 e. The first-order chi connectivity index (χ1) is 12.7. The van der Waals surface area contributed by atoms with Gasteiger partial charge in [-0.05, 0) is 12.8 Å². The molecule has 5 nitrogen and oxygen atoms in total. The van der Waals surface area contributed by atoms with Gasteiger partial charge in [0.25, 0.3) is 0 Å². The van der Waals surface area contributed by atoms with Gasteiger partial charge < -0.3 is 14.6 Å². The van der Waals surface area contributed by atoms with E-state index in [1.807, 2.05) is 4.90 Å². The summed E-state index contributed by atoms with van der Waals surface area (Å²) >= 11 is 0. The third-order valence-electron chi connectivity index (χ3n) is 5.87. The molecule has 0 atom stereocenters. The second-order valence-corrected chi connectivity index (χ2v) is 7.87. The molecule has 1 saturated heterocycles. The summed E-state index contributed by atoms with van der Waals surface area (Å²) < 4.78 is 0. The Morgan fingerprint density at radius 1 is 0.731 bits per heavy atom. The number of piperazine rings is 1. The molecule has 2 amide bonds. The van der Waals surface area contributed by atoms with Gasteiger partial charge >= 0.3 is 0 Å². The van der Waals surface area contributed by atoms with Gasteiger partial charge in [0.15, 0.2) is 0 Å². The summed E-state index contributed by atoms with van der Waals surface area (Å²) in [4.78, 5) is 39.2. The van der Waals surface area contributed by atoms with Crippen molar-refractivity contribution in [2.45, 2.75) is 83.5 Å². The predicted octanol–water partition coefficient (Wildman–Crippen LogP) is 3.56. The van der Waals surface area contributed by atoms with E-state index in [9.17, 15) is 14.4 Å². The minimum absolute atomic E-state index is 0.0372. The Hall–Kier alpha value is -1.39. The van der Waals surface area contributed by atoms with Crippen LogP contribution in [0.4, 0.5) is 0 Å². The highest BCUT2D eigenvalue weighted by atomic mass is 16.2. The van der Waals surface area contributed by atoms with Crippen LogP contribution in [0.15, 0.2) is 0 Å². The second-order valence-electron chi connectivity index (χ2n) is 7.87. The van der Waals surface area contributed by atoms with Gasteiger partial charge in [0.05, 0.1) is 0 Å². The lowest BCUT2D eigenvalue weighted by molar-refractivity contribution is -0.142. The first-order valence-electron chi connectivity index (χ1n) is 10.7. The molecule has 2 fully saturated rings. The van der Waals surface area contributed by atoms with Crippen LogP contribution in [0.5, 0.6) is 0 Å². The lowest BCUT2D eigenvalue weighted by atomic mass is 9.91. The molecule has 0 spiro atoms. The Bertz CT molecular complexity index is 433. The monoisotopic (exact) mass is 364 g/mol. The molecule has 1 aliphatic heterocycles. The lowest BCUT2D eigenvalue weighted by Gasteiger charge is -2.36. The Labute approximate surface area is 158 Å². The van der Waals surface area contributed by atoms with E-state index in [0.29, 0.717) is 44.9 Å². The van der Waals surface area contributed by atoms with Gasteiger partial charge in [-0.2, -0.15) is 0 Å². The van der Waals surface area contributed by atoms with Crippen LogP contribution in [0.3, 0.4) is 0 Å². The fourth-order valence-electron chi connectivity index (χ4n) is 4.19. The highest BCUT2D eigenvalue weighted by molar-refractivity contribution is 5.80. The molecule has 0 N–H and O–H groups in total. The standard InChI is InChI=1S/C21H36N2O3/c24-18-10-13-20(25)22-14-16-23(17-15-22)21(26)19-11-8-6-4-2-1-3-5-7-9-12-19/h18-19H,1-17H2. The van der Waals surface area contributed by atoms with E-state index in [-0.39, 0.29) is 11.8 Å². The van der Waals surface area contributed by atoms with Gasteiger partial charge in [0.1, 0.15) is 6.29 Å². The van der Waals surface area contributed by atoms with E-state index < -0.39 is 0 Å². The zero-order valence-electron chi connectivity index (χ0n) is 16.3. The minimum atomic E-state index is 0.0372. The van der Waals surface area contributed by atoms with Gasteiger partial charge in [0.2, 0.25) is 11.8 Å². The predicted molar refractivity (Wildman–Crippen MR) is 103 cm³/mol. The Morgan fingerprint density at radius 3 is 1.69 bits per heavy atom. The SMILES string of the molecule is O=CCCC(=O)N1CCN(C(=O)C2CCCCCCCCCCC2)CC1.